The Balaban J connectivity index is 1.40. The van der Waals surface area contributed by atoms with Crippen LogP contribution in [0, 0.1) is 0 Å². The predicted octanol–water partition coefficient (Wildman–Crippen LogP) is 2.42. The van der Waals surface area contributed by atoms with Crippen LogP contribution in [-0.4, -0.2) is 59.5 Å². The quantitative estimate of drug-likeness (QED) is 0.815. The van der Waals surface area contributed by atoms with E-state index in [0.717, 1.165) is 60.9 Å². The molecule has 1 fully saturated rings. The molecular formula is C22H28N4O2. The van der Waals surface area contributed by atoms with E-state index in [1.807, 2.05) is 35.4 Å². The van der Waals surface area contributed by atoms with Crippen LogP contribution < -0.4 is 4.74 Å². The Bertz CT molecular complexity index is 837. The zero-order valence-electron chi connectivity index (χ0n) is 16.7. The Labute approximate surface area is 166 Å². The van der Waals surface area contributed by atoms with E-state index in [-0.39, 0.29) is 5.91 Å². The van der Waals surface area contributed by atoms with Gasteiger partial charge >= 0.3 is 0 Å². The maximum Gasteiger partial charge on any atom is 0.227 e. The molecule has 6 heteroatoms. The first-order valence-corrected chi connectivity index (χ1v) is 10.1. The second kappa shape index (κ2) is 8.27. The molecule has 4 rings (SSSR count). The van der Waals surface area contributed by atoms with Gasteiger partial charge in [-0.25, -0.2) is 9.97 Å². The van der Waals surface area contributed by atoms with Crippen molar-refractivity contribution in [2.24, 2.45) is 0 Å². The summed E-state index contributed by atoms with van der Waals surface area (Å²) in [7, 11) is 3.81. The topological polar surface area (TPSA) is 58.6 Å². The fourth-order valence-corrected chi connectivity index (χ4v) is 4.15. The number of nitrogens with zero attached hydrogens (tertiary/aromatic N) is 4. The van der Waals surface area contributed by atoms with Crippen LogP contribution in [0.15, 0.2) is 30.5 Å². The minimum absolute atomic E-state index is 0.147. The lowest BCUT2D eigenvalue weighted by atomic mass is 9.97. The number of piperidine rings is 1. The normalized spacial score (nSPS) is 19.9. The molecule has 0 unspecified atom stereocenters. The maximum atomic E-state index is 12.7. The third-order valence-electron chi connectivity index (χ3n) is 5.81. The van der Waals surface area contributed by atoms with Gasteiger partial charge in [-0.05, 0) is 44.1 Å². The molecule has 0 aliphatic carbocycles. The molecule has 2 aromatic rings. The van der Waals surface area contributed by atoms with E-state index in [4.69, 9.17) is 9.72 Å². The van der Waals surface area contributed by atoms with Crippen LogP contribution in [-0.2, 0) is 24.2 Å². The van der Waals surface area contributed by atoms with E-state index in [9.17, 15) is 4.79 Å². The number of likely N-dealkylation sites (tertiary alicyclic amines) is 1. The molecule has 6 nitrogen and oxygen atoms in total. The molecule has 3 heterocycles. The van der Waals surface area contributed by atoms with Gasteiger partial charge in [-0.3, -0.25) is 4.79 Å². The number of carbonyl (C=O) groups excluding carboxylic acids is 1. The van der Waals surface area contributed by atoms with Crippen LogP contribution >= 0.6 is 0 Å². The molecule has 2 aliphatic heterocycles. The highest BCUT2D eigenvalue weighted by molar-refractivity contribution is 5.79. The second-order valence-electron chi connectivity index (χ2n) is 7.89. The number of fused-ring (bicyclic) bond motifs is 1. The Kier molecular flexibility index (Phi) is 5.57. The van der Waals surface area contributed by atoms with E-state index in [2.05, 4.69) is 16.9 Å². The number of rotatable bonds is 4. The number of amides is 1. The van der Waals surface area contributed by atoms with Gasteiger partial charge in [0.15, 0.2) is 0 Å². The van der Waals surface area contributed by atoms with Crippen LogP contribution in [0.5, 0.6) is 5.75 Å². The Hall–Kier alpha value is -2.47. The van der Waals surface area contributed by atoms with Crippen LogP contribution in [0.2, 0.25) is 0 Å². The van der Waals surface area contributed by atoms with Crippen molar-refractivity contribution in [3.05, 3.63) is 53.1 Å². The van der Waals surface area contributed by atoms with Crippen LogP contribution in [0.3, 0.4) is 0 Å². The van der Waals surface area contributed by atoms with E-state index in [1.165, 1.54) is 6.42 Å². The average Bonchev–Trinajstić information content (AvgIpc) is 2.73. The first-order chi connectivity index (χ1) is 13.6. The van der Waals surface area contributed by atoms with Gasteiger partial charge in [0.2, 0.25) is 5.91 Å². The van der Waals surface area contributed by atoms with Gasteiger partial charge in [0.1, 0.15) is 11.6 Å². The minimum Gasteiger partial charge on any atom is -0.497 e. The van der Waals surface area contributed by atoms with Crippen molar-refractivity contribution in [2.45, 2.75) is 38.1 Å². The molecule has 0 saturated carbocycles. The fourth-order valence-electron chi connectivity index (χ4n) is 4.15. The van der Waals surface area contributed by atoms with Gasteiger partial charge in [-0.1, -0.05) is 12.1 Å². The molecule has 0 bridgehead atoms. The van der Waals surface area contributed by atoms with E-state index >= 15 is 0 Å². The van der Waals surface area contributed by atoms with Gasteiger partial charge in [-0.15, -0.1) is 0 Å². The predicted molar refractivity (Wildman–Crippen MR) is 107 cm³/mol. The number of hydrogen-bond acceptors (Lipinski definition) is 5. The van der Waals surface area contributed by atoms with Gasteiger partial charge < -0.3 is 14.5 Å². The van der Waals surface area contributed by atoms with Crippen molar-refractivity contribution >= 4 is 5.91 Å². The van der Waals surface area contributed by atoms with Gasteiger partial charge in [0.25, 0.3) is 0 Å². The van der Waals surface area contributed by atoms with Crippen molar-refractivity contribution in [2.75, 3.05) is 33.8 Å². The largest absolute Gasteiger partial charge is 0.497 e. The number of hydrogen-bond donors (Lipinski definition) is 0. The molecule has 1 aromatic heterocycles. The summed E-state index contributed by atoms with van der Waals surface area (Å²) in [5.41, 5.74) is 3.21. The highest BCUT2D eigenvalue weighted by Gasteiger charge is 2.25. The molecule has 1 atom stereocenters. The summed E-state index contributed by atoms with van der Waals surface area (Å²) in [6.07, 6.45) is 5.53. The van der Waals surface area contributed by atoms with E-state index in [0.29, 0.717) is 18.9 Å². The fraction of sp³-hybridized carbons (Fsp3) is 0.500. The summed E-state index contributed by atoms with van der Waals surface area (Å²) < 4.78 is 5.18. The highest BCUT2D eigenvalue weighted by Crippen LogP contribution is 2.26. The number of aromatic nitrogens is 2. The number of ether oxygens (including phenoxy) is 1. The van der Waals surface area contributed by atoms with Crippen LogP contribution in [0.25, 0.3) is 0 Å². The molecular weight excluding hydrogens is 352 g/mol. The van der Waals surface area contributed by atoms with Crippen molar-refractivity contribution < 1.29 is 9.53 Å². The molecule has 0 spiro atoms. The zero-order valence-corrected chi connectivity index (χ0v) is 16.7. The Morgan fingerprint density at radius 2 is 2.07 bits per heavy atom. The summed E-state index contributed by atoms with van der Waals surface area (Å²) in [6.45, 7) is 3.52. The summed E-state index contributed by atoms with van der Waals surface area (Å²) in [5, 5.41) is 0. The first-order valence-electron chi connectivity index (χ1n) is 10.1. The van der Waals surface area contributed by atoms with Crippen LogP contribution in [0.4, 0.5) is 0 Å². The molecule has 1 saturated heterocycles. The lowest BCUT2D eigenvalue weighted by Crippen LogP contribution is -2.38. The average molecular weight is 380 g/mol. The van der Waals surface area contributed by atoms with Crippen molar-refractivity contribution in [3.63, 3.8) is 0 Å². The first kappa shape index (κ1) is 18.9. The SMILES string of the molecule is COc1ccc(CC(=O)N2CCc3nc([C@@H]4CCCN(C)C4)ncc3C2)cc1. The van der Waals surface area contributed by atoms with Gasteiger partial charge in [-0.2, -0.15) is 0 Å². The number of methoxy groups -OCH3 is 1. The lowest BCUT2D eigenvalue weighted by Gasteiger charge is -2.31. The summed E-state index contributed by atoms with van der Waals surface area (Å²) in [6, 6.07) is 7.69. The smallest absolute Gasteiger partial charge is 0.227 e. The van der Waals surface area contributed by atoms with Gasteiger partial charge in [0.05, 0.1) is 19.2 Å². The zero-order chi connectivity index (χ0) is 19.5. The molecule has 1 aromatic carbocycles. The Morgan fingerprint density at radius 3 is 2.82 bits per heavy atom. The lowest BCUT2D eigenvalue weighted by molar-refractivity contribution is -0.131. The molecule has 0 N–H and O–H groups in total. The molecule has 0 radical (unpaired) electrons. The van der Waals surface area contributed by atoms with E-state index < -0.39 is 0 Å². The summed E-state index contributed by atoms with van der Waals surface area (Å²) in [5.74, 6) is 2.36. The van der Waals surface area contributed by atoms with Crippen molar-refractivity contribution in [1.29, 1.82) is 0 Å². The third kappa shape index (κ3) is 4.17. The van der Waals surface area contributed by atoms with Crippen LogP contribution in [0.1, 0.15) is 41.4 Å². The molecule has 148 valence electrons. The number of likely N-dealkylation sites (N-methyl/N-ethyl adjacent to an activating group) is 1. The van der Waals surface area contributed by atoms with Gasteiger partial charge in [0, 0.05) is 43.7 Å². The summed E-state index contributed by atoms with van der Waals surface area (Å²) in [4.78, 5) is 26.5. The number of benzene rings is 1. The maximum absolute atomic E-state index is 12.7. The highest BCUT2D eigenvalue weighted by atomic mass is 16.5. The standard InChI is InChI=1S/C22H28N4O2/c1-25-10-3-4-17(14-25)22-23-13-18-15-26(11-9-20(18)24-22)21(27)12-16-5-7-19(28-2)8-6-16/h5-8,13,17H,3-4,9-12,14-15H2,1-2H3/t17-/m1/s1. The molecule has 28 heavy (non-hydrogen) atoms. The molecule has 2 aliphatic rings. The Morgan fingerprint density at radius 1 is 1.25 bits per heavy atom. The third-order valence-corrected chi connectivity index (χ3v) is 5.81. The molecule has 1 amide bonds. The second-order valence-corrected chi connectivity index (χ2v) is 7.89. The summed E-state index contributed by atoms with van der Waals surface area (Å²) >= 11 is 0. The minimum atomic E-state index is 0.147. The number of carbonyl (C=O) groups is 1. The van der Waals surface area contributed by atoms with Crippen molar-refractivity contribution in [3.8, 4) is 5.75 Å². The van der Waals surface area contributed by atoms with Crippen molar-refractivity contribution in [1.82, 2.24) is 19.8 Å². The monoisotopic (exact) mass is 380 g/mol. The van der Waals surface area contributed by atoms with E-state index in [1.54, 1.807) is 7.11 Å².